The van der Waals surface area contributed by atoms with Crippen molar-refractivity contribution in [2.45, 2.75) is 50.1 Å². The third-order valence-corrected chi connectivity index (χ3v) is 5.27. The minimum absolute atomic E-state index is 0.289. The Labute approximate surface area is 140 Å². The van der Waals surface area contributed by atoms with Crippen LogP contribution in [0.3, 0.4) is 0 Å². The average molecular weight is 337 g/mol. The highest BCUT2D eigenvalue weighted by atomic mass is 32.2. The monoisotopic (exact) mass is 337 g/mol. The number of carbonyl (C=O) groups excluding carboxylic acids is 1. The highest BCUT2D eigenvalue weighted by Crippen LogP contribution is 2.33. The van der Waals surface area contributed by atoms with Crippen LogP contribution in [0.15, 0.2) is 23.2 Å². The van der Waals surface area contributed by atoms with Gasteiger partial charge < -0.3 is 15.7 Å². The summed E-state index contributed by atoms with van der Waals surface area (Å²) in [6.45, 7) is 3.35. The van der Waals surface area contributed by atoms with Gasteiger partial charge in [0.25, 0.3) is 0 Å². The molecule has 0 unspecified atom stereocenters. The lowest BCUT2D eigenvalue weighted by molar-refractivity contribution is -0.126. The third kappa shape index (κ3) is 5.13. The van der Waals surface area contributed by atoms with E-state index in [2.05, 4.69) is 15.6 Å². The zero-order valence-corrected chi connectivity index (χ0v) is 14.3. The van der Waals surface area contributed by atoms with Crippen LogP contribution in [-0.2, 0) is 11.3 Å². The second kappa shape index (κ2) is 7.68. The van der Waals surface area contributed by atoms with Gasteiger partial charge in [0, 0.05) is 16.8 Å². The number of carboxylic acid groups (broad SMARTS) is 1. The molecular weight excluding hydrogens is 314 g/mol. The molecule has 1 heterocycles. The van der Waals surface area contributed by atoms with Crippen LogP contribution in [0.5, 0.6) is 0 Å². The van der Waals surface area contributed by atoms with Crippen LogP contribution in [-0.4, -0.2) is 33.4 Å². The van der Waals surface area contributed by atoms with E-state index < -0.39 is 11.6 Å². The molecule has 0 spiro atoms. The lowest BCUT2D eigenvalue weighted by Gasteiger charge is -2.25. The Bertz CT molecular complexity index is 573. The molecule has 23 heavy (non-hydrogen) atoms. The van der Waals surface area contributed by atoms with Crippen LogP contribution < -0.4 is 10.6 Å². The van der Waals surface area contributed by atoms with Crippen LogP contribution in [0.2, 0.25) is 0 Å². The van der Waals surface area contributed by atoms with Crippen molar-refractivity contribution in [1.29, 1.82) is 0 Å². The zero-order valence-electron chi connectivity index (χ0n) is 13.5. The largest absolute Gasteiger partial charge is 0.465 e. The van der Waals surface area contributed by atoms with Crippen molar-refractivity contribution in [3.05, 3.63) is 24.0 Å². The lowest BCUT2D eigenvalue weighted by atomic mass is 9.87. The van der Waals surface area contributed by atoms with Gasteiger partial charge in [0.15, 0.2) is 0 Å². The van der Waals surface area contributed by atoms with Crippen molar-refractivity contribution in [2.24, 2.45) is 5.92 Å². The van der Waals surface area contributed by atoms with Gasteiger partial charge in [0.05, 0.1) is 12.2 Å². The van der Waals surface area contributed by atoms with Gasteiger partial charge in [-0.1, -0.05) is 6.42 Å². The third-order valence-electron chi connectivity index (χ3n) is 3.95. The van der Waals surface area contributed by atoms with Gasteiger partial charge in [0.2, 0.25) is 5.91 Å². The van der Waals surface area contributed by atoms with E-state index in [1.54, 1.807) is 18.0 Å². The van der Waals surface area contributed by atoms with Crippen molar-refractivity contribution in [3.63, 3.8) is 0 Å². The Balaban J connectivity index is 1.91. The molecule has 2 rings (SSSR count). The molecule has 1 aromatic rings. The molecule has 0 radical (unpaired) electrons. The van der Waals surface area contributed by atoms with Gasteiger partial charge in [-0.25, -0.2) is 4.79 Å². The maximum Gasteiger partial charge on any atom is 0.405 e. The number of carbonyl (C=O) groups is 2. The number of hydrogen-bond acceptors (Lipinski definition) is 4. The first-order valence-corrected chi connectivity index (χ1v) is 8.73. The molecule has 7 heteroatoms. The fraction of sp³-hybridized carbons (Fsp3) is 0.562. The maximum absolute atomic E-state index is 12.1. The van der Waals surface area contributed by atoms with E-state index in [9.17, 15) is 9.59 Å². The number of nitrogens with zero attached hydrogens (tertiary/aromatic N) is 1. The molecule has 1 aromatic heterocycles. The van der Waals surface area contributed by atoms with Crippen LogP contribution in [0, 0.1) is 5.92 Å². The number of nitrogens with one attached hydrogen (secondary N) is 2. The van der Waals surface area contributed by atoms with Gasteiger partial charge in [-0.3, -0.25) is 9.78 Å². The molecule has 0 saturated heterocycles. The number of hydrogen-bond donors (Lipinski definition) is 3. The smallest absolute Gasteiger partial charge is 0.405 e. The number of aromatic nitrogens is 1. The zero-order chi connectivity index (χ0) is 16.9. The van der Waals surface area contributed by atoms with E-state index in [-0.39, 0.29) is 12.5 Å². The summed E-state index contributed by atoms with van der Waals surface area (Å²) in [4.78, 5) is 28.3. The summed E-state index contributed by atoms with van der Waals surface area (Å²) in [7, 11) is 0. The normalized spacial score (nSPS) is 14.9. The molecule has 0 bridgehead atoms. The standard InChI is InChI=1S/C16H23N3O3S/c1-16(2,19-15(21)22)14(20)18-9-12-13(7-4-8-17-12)23-10-11-5-3-6-11/h4,7-8,11,19H,3,5-6,9-10H2,1-2H3,(H,18,20)(H,21,22). The fourth-order valence-corrected chi connectivity index (χ4v) is 3.48. The first-order valence-electron chi connectivity index (χ1n) is 7.74. The highest BCUT2D eigenvalue weighted by Gasteiger charge is 2.29. The Morgan fingerprint density at radius 1 is 1.43 bits per heavy atom. The molecule has 0 atom stereocenters. The minimum atomic E-state index is -1.22. The van der Waals surface area contributed by atoms with Crippen molar-refractivity contribution in [3.8, 4) is 0 Å². The number of rotatable bonds is 7. The van der Waals surface area contributed by atoms with E-state index in [0.29, 0.717) is 0 Å². The van der Waals surface area contributed by atoms with E-state index in [0.717, 1.165) is 22.3 Å². The number of pyridine rings is 1. The van der Waals surface area contributed by atoms with Gasteiger partial charge in [-0.15, -0.1) is 11.8 Å². The van der Waals surface area contributed by atoms with E-state index in [1.807, 2.05) is 12.1 Å². The molecule has 1 aliphatic rings. The Morgan fingerprint density at radius 3 is 2.78 bits per heavy atom. The summed E-state index contributed by atoms with van der Waals surface area (Å²) in [5.74, 6) is 1.50. The Kier molecular flexibility index (Phi) is 5.87. The van der Waals surface area contributed by atoms with E-state index >= 15 is 0 Å². The summed E-state index contributed by atoms with van der Waals surface area (Å²) in [6, 6.07) is 3.91. The molecule has 2 amide bonds. The first kappa shape index (κ1) is 17.6. The van der Waals surface area contributed by atoms with E-state index in [4.69, 9.17) is 5.11 Å². The quantitative estimate of drug-likeness (QED) is 0.665. The SMILES string of the molecule is CC(C)(NC(=O)O)C(=O)NCc1ncccc1SCC1CCC1. The van der Waals surface area contributed by atoms with Crippen molar-refractivity contribution in [2.75, 3.05) is 5.75 Å². The fourth-order valence-electron chi connectivity index (χ4n) is 2.26. The topological polar surface area (TPSA) is 91.3 Å². The molecule has 1 fully saturated rings. The van der Waals surface area contributed by atoms with Gasteiger partial charge in [-0.05, 0) is 44.7 Å². The predicted octanol–water partition coefficient (Wildman–Crippen LogP) is 2.64. The molecule has 0 aliphatic heterocycles. The Hall–Kier alpha value is -1.76. The molecule has 1 saturated carbocycles. The Morgan fingerprint density at radius 2 is 2.17 bits per heavy atom. The van der Waals surface area contributed by atoms with Crippen molar-refractivity contribution in [1.82, 2.24) is 15.6 Å². The second-order valence-corrected chi connectivity index (χ2v) is 7.36. The molecule has 1 aliphatic carbocycles. The molecule has 126 valence electrons. The van der Waals surface area contributed by atoms with Crippen LogP contribution in [0.25, 0.3) is 0 Å². The molecule has 0 aromatic carbocycles. The molecule has 3 N–H and O–H groups in total. The summed E-state index contributed by atoms with van der Waals surface area (Å²) in [6.07, 6.45) is 4.41. The second-order valence-electron chi connectivity index (χ2n) is 6.29. The van der Waals surface area contributed by atoms with Crippen molar-refractivity contribution >= 4 is 23.8 Å². The summed E-state index contributed by atoms with van der Waals surface area (Å²) < 4.78 is 0. The highest BCUT2D eigenvalue weighted by molar-refractivity contribution is 7.99. The first-order chi connectivity index (χ1) is 10.9. The van der Waals surface area contributed by atoms with Crippen LogP contribution in [0.1, 0.15) is 38.8 Å². The lowest BCUT2D eigenvalue weighted by Crippen LogP contribution is -2.54. The summed E-state index contributed by atoms with van der Waals surface area (Å²) >= 11 is 1.78. The van der Waals surface area contributed by atoms with Gasteiger partial charge in [0.1, 0.15) is 5.54 Å². The van der Waals surface area contributed by atoms with E-state index in [1.165, 1.54) is 33.1 Å². The molecule has 6 nitrogen and oxygen atoms in total. The summed E-state index contributed by atoms with van der Waals surface area (Å²) in [5.41, 5.74) is -0.365. The maximum atomic E-state index is 12.1. The van der Waals surface area contributed by atoms with Crippen LogP contribution in [0.4, 0.5) is 4.79 Å². The molecular formula is C16H23N3O3S. The minimum Gasteiger partial charge on any atom is -0.465 e. The van der Waals surface area contributed by atoms with Gasteiger partial charge >= 0.3 is 6.09 Å². The summed E-state index contributed by atoms with van der Waals surface area (Å²) in [5, 5.41) is 13.7. The predicted molar refractivity (Wildman–Crippen MR) is 89.4 cm³/mol. The van der Waals surface area contributed by atoms with Crippen LogP contribution >= 0.6 is 11.8 Å². The van der Waals surface area contributed by atoms with Crippen molar-refractivity contribution < 1.29 is 14.7 Å². The van der Waals surface area contributed by atoms with Gasteiger partial charge in [-0.2, -0.15) is 0 Å². The average Bonchev–Trinajstić information content (AvgIpc) is 2.42. The number of amides is 2. The number of thioether (sulfide) groups is 1.